The van der Waals surface area contributed by atoms with Crippen LogP contribution in [0.2, 0.25) is 0 Å². The standard InChI is InChI=1S/C19H20N4O4/c1-26-16-8-14-15(9-17(16)27-2)22-12-23(19(14)25)7-5-18(24)21-11-13-4-3-6-20-10-13/h3-4,6,8-10,12H,5,7,11H2,1-2H3,(H,21,24). The summed E-state index contributed by atoms with van der Waals surface area (Å²) in [5, 5.41) is 3.22. The van der Waals surface area contributed by atoms with Crippen LogP contribution >= 0.6 is 0 Å². The van der Waals surface area contributed by atoms with Crippen LogP contribution in [-0.2, 0) is 17.9 Å². The number of carbonyl (C=O) groups excluding carboxylic acids is 1. The topological polar surface area (TPSA) is 95.3 Å². The first-order chi connectivity index (χ1) is 13.1. The number of hydrogen-bond donors (Lipinski definition) is 1. The molecule has 0 radical (unpaired) electrons. The summed E-state index contributed by atoms with van der Waals surface area (Å²) in [6, 6.07) is 6.95. The number of aromatic nitrogens is 3. The molecule has 3 rings (SSSR count). The van der Waals surface area contributed by atoms with E-state index in [4.69, 9.17) is 9.47 Å². The van der Waals surface area contributed by atoms with E-state index in [0.717, 1.165) is 5.56 Å². The molecular formula is C19H20N4O4. The number of methoxy groups -OCH3 is 2. The van der Waals surface area contributed by atoms with Crippen LogP contribution in [0.3, 0.4) is 0 Å². The summed E-state index contributed by atoms with van der Waals surface area (Å²) >= 11 is 0. The number of hydrogen-bond acceptors (Lipinski definition) is 6. The van der Waals surface area contributed by atoms with Gasteiger partial charge in [0.1, 0.15) is 0 Å². The largest absolute Gasteiger partial charge is 0.493 e. The number of aryl methyl sites for hydroxylation is 1. The molecule has 0 spiro atoms. The molecule has 1 amide bonds. The van der Waals surface area contributed by atoms with Crippen molar-refractivity contribution in [3.63, 3.8) is 0 Å². The highest BCUT2D eigenvalue weighted by molar-refractivity contribution is 5.81. The lowest BCUT2D eigenvalue weighted by atomic mass is 10.2. The van der Waals surface area contributed by atoms with E-state index in [0.29, 0.717) is 28.9 Å². The second kappa shape index (κ2) is 8.31. The predicted molar refractivity (Wildman–Crippen MR) is 99.8 cm³/mol. The Morgan fingerprint density at radius 2 is 2.00 bits per heavy atom. The Kier molecular flexibility index (Phi) is 5.65. The van der Waals surface area contributed by atoms with Crippen LogP contribution in [0.5, 0.6) is 11.5 Å². The van der Waals surface area contributed by atoms with Crippen molar-refractivity contribution < 1.29 is 14.3 Å². The number of nitrogens with one attached hydrogen (secondary N) is 1. The zero-order chi connectivity index (χ0) is 19.2. The number of ether oxygens (including phenoxy) is 2. The van der Waals surface area contributed by atoms with E-state index < -0.39 is 0 Å². The average Bonchev–Trinajstić information content (AvgIpc) is 2.71. The molecule has 2 aromatic heterocycles. The van der Waals surface area contributed by atoms with Gasteiger partial charge in [0, 0.05) is 38.0 Å². The average molecular weight is 368 g/mol. The minimum atomic E-state index is -0.235. The van der Waals surface area contributed by atoms with Gasteiger partial charge in [-0.05, 0) is 17.7 Å². The second-order valence-corrected chi connectivity index (χ2v) is 5.86. The first kappa shape index (κ1) is 18.4. The monoisotopic (exact) mass is 368 g/mol. The molecule has 3 aromatic rings. The molecule has 0 unspecified atom stereocenters. The third-order valence-electron chi connectivity index (χ3n) is 4.12. The molecule has 0 aliphatic carbocycles. The molecule has 0 aliphatic rings. The van der Waals surface area contributed by atoms with Gasteiger partial charge in [-0.25, -0.2) is 4.98 Å². The molecule has 1 N–H and O–H groups in total. The predicted octanol–water partition coefficient (Wildman–Crippen LogP) is 1.52. The Labute approximate surface area is 155 Å². The molecule has 0 saturated heterocycles. The Morgan fingerprint density at radius 1 is 1.22 bits per heavy atom. The second-order valence-electron chi connectivity index (χ2n) is 5.86. The van der Waals surface area contributed by atoms with Crippen LogP contribution in [0.15, 0.2) is 47.8 Å². The minimum absolute atomic E-state index is 0.154. The van der Waals surface area contributed by atoms with Gasteiger partial charge in [0.05, 0.1) is 31.4 Å². The summed E-state index contributed by atoms with van der Waals surface area (Å²) in [5.41, 5.74) is 1.19. The maximum atomic E-state index is 12.7. The molecule has 0 saturated carbocycles. The Morgan fingerprint density at radius 3 is 2.70 bits per heavy atom. The normalized spacial score (nSPS) is 10.6. The molecule has 140 valence electrons. The maximum Gasteiger partial charge on any atom is 0.261 e. The number of rotatable bonds is 7. The van der Waals surface area contributed by atoms with Crippen LogP contribution in [0.1, 0.15) is 12.0 Å². The van der Waals surface area contributed by atoms with Crippen molar-refractivity contribution in [2.75, 3.05) is 14.2 Å². The van der Waals surface area contributed by atoms with Crippen molar-refractivity contribution in [3.8, 4) is 11.5 Å². The quantitative estimate of drug-likeness (QED) is 0.679. The summed E-state index contributed by atoms with van der Waals surface area (Å²) < 4.78 is 11.9. The van der Waals surface area contributed by atoms with Gasteiger partial charge in [-0.3, -0.25) is 19.1 Å². The smallest absolute Gasteiger partial charge is 0.261 e. The van der Waals surface area contributed by atoms with E-state index in [1.165, 1.54) is 25.1 Å². The minimum Gasteiger partial charge on any atom is -0.493 e. The highest BCUT2D eigenvalue weighted by atomic mass is 16.5. The van der Waals surface area contributed by atoms with Gasteiger partial charge in [-0.15, -0.1) is 0 Å². The van der Waals surface area contributed by atoms with E-state index in [1.54, 1.807) is 24.5 Å². The van der Waals surface area contributed by atoms with E-state index >= 15 is 0 Å². The molecule has 0 atom stereocenters. The third kappa shape index (κ3) is 4.22. The molecule has 2 heterocycles. The summed E-state index contributed by atoms with van der Waals surface area (Å²) in [7, 11) is 3.03. The number of amides is 1. The highest BCUT2D eigenvalue weighted by Crippen LogP contribution is 2.29. The molecule has 0 aliphatic heterocycles. The van der Waals surface area contributed by atoms with Gasteiger partial charge in [0.15, 0.2) is 11.5 Å². The molecule has 8 nitrogen and oxygen atoms in total. The molecule has 0 bridgehead atoms. The first-order valence-corrected chi connectivity index (χ1v) is 8.39. The van der Waals surface area contributed by atoms with E-state index in [-0.39, 0.29) is 24.4 Å². The Bertz CT molecular complexity index is 1000. The fourth-order valence-electron chi connectivity index (χ4n) is 2.66. The molecule has 1 aromatic carbocycles. The zero-order valence-corrected chi connectivity index (χ0v) is 15.1. The molecular weight excluding hydrogens is 348 g/mol. The van der Waals surface area contributed by atoms with Crippen LogP contribution in [0.25, 0.3) is 10.9 Å². The lowest BCUT2D eigenvalue weighted by molar-refractivity contribution is -0.121. The summed E-state index contributed by atoms with van der Waals surface area (Å²) in [6.45, 7) is 0.628. The fraction of sp³-hybridized carbons (Fsp3) is 0.263. The SMILES string of the molecule is COc1cc2ncn(CCC(=O)NCc3cccnc3)c(=O)c2cc1OC. The van der Waals surface area contributed by atoms with Gasteiger partial charge in [0.2, 0.25) is 5.91 Å². The van der Waals surface area contributed by atoms with Crippen LogP contribution in [-0.4, -0.2) is 34.7 Å². The zero-order valence-electron chi connectivity index (χ0n) is 15.1. The van der Waals surface area contributed by atoms with Crippen molar-refractivity contribution in [3.05, 3.63) is 58.9 Å². The van der Waals surface area contributed by atoms with Gasteiger partial charge in [0.25, 0.3) is 5.56 Å². The summed E-state index contributed by atoms with van der Waals surface area (Å²) in [6.07, 6.45) is 4.97. The van der Waals surface area contributed by atoms with Gasteiger partial charge in [-0.2, -0.15) is 0 Å². The van der Waals surface area contributed by atoms with Gasteiger partial charge in [-0.1, -0.05) is 6.07 Å². The summed E-state index contributed by atoms with van der Waals surface area (Å²) in [4.78, 5) is 33.0. The van der Waals surface area contributed by atoms with Crippen molar-refractivity contribution in [2.45, 2.75) is 19.5 Å². The number of fused-ring (bicyclic) bond motifs is 1. The van der Waals surface area contributed by atoms with Gasteiger partial charge >= 0.3 is 0 Å². The van der Waals surface area contributed by atoms with E-state index in [9.17, 15) is 9.59 Å². The third-order valence-corrected chi connectivity index (χ3v) is 4.12. The van der Waals surface area contributed by atoms with Crippen molar-refractivity contribution in [1.82, 2.24) is 19.9 Å². The van der Waals surface area contributed by atoms with Crippen molar-refractivity contribution >= 4 is 16.8 Å². The van der Waals surface area contributed by atoms with E-state index in [1.807, 2.05) is 12.1 Å². The Hall–Kier alpha value is -3.42. The molecule has 8 heteroatoms. The van der Waals surface area contributed by atoms with Crippen LogP contribution in [0.4, 0.5) is 0 Å². The lowest BCUT2D eigenvalue weighted by Gasteiger charge is -2.10. The number of benzene rings is 1. The van der Waals surface area contributed by atoms with Crippen molar-refractivity contribution in [1.29, 1.82) is 0 Å². The molecule has 27 heavy (non-hydrogen) atoms. The maximum absolute atomic E-state index is 12.7. The number of pyridine rings is 1. The first-order valence-electron chi connectivity index (χ1n) is 8.39. The van der Waals surface area contributed by atoms with Gasteiger partial charge < -0.3 is 14.8 Å². The lowest BCUT2D eigenvalue weighted by Crippen LogP contribution is -2.27. The summed E-state index contributed by atoms with van der Waals surface area (Å²) in [5.74, 6) is 0.804. The van der Waals surface area contributed by atoms with E-state index in [2.05, 4.69) is 15.3 Å². The fourth-order valence-corrected chi connectivity index (χ4v) is 2.66. The molecule has 0 fully saturated rings. The highest BCUT2D eigenvalue weighted by Gasteiger charge is 2.11. The number of carbonyl (C=O) groups is 1. The van der Waals surface area contributed by atoms with Crippen LogP contribution in [0, 0.1) is 0 Å². The Balaban J connectivity index is 1.70. The number of nitrogens with zero attached hydrogens (tertiary/aromatic N) is 3. The van der Waals surface area contributed by atoms with Crippen LogP contribution < -0.4 is 20.3 Å². The van der Waals surface area contributed by atoms with Crippen molar-refractivity contribution in [2.24, 2.45) is 0 Å².